The van der Waals surface area contributed by atoms with Crippen LogP contribution < -0.4 is 14.8 Å². The van der Waals surface area contributed by atoms with Crippen LogP contribution in [0, 0.1) is 6.92 Å². The minimum atomic E-state index is -0.215. The summed E-state index contributed by atoms with van der Waals surface area (Å²) >= 11 is 0. The third-order valence-corrected chi connectivity index (χ3v) is 5.78. The number of ether oxygens (including phenoxy) is 2. The molecule has 4 rings (SSSR count). The Morgan fingerprint density at radius 3 is 2.65 bits per heavy atom. The lowest BCUT2D eigenvalue weighted by Crippen LogP contribution is -2.41. The van der Waals surface area contributed by atoms with Crippen LogP contribution in [0.4, 0.5) is 0 Å². The summed E-state index contributed by atoms with van der Waals surface area (Å²) in [4.78, 5) is 14.9. The zero-order valence-corrected chi connectivity index (χ0v) is 18.2. The van der Waals surface area contributed by atoms with Crippen LogP contribution in [0.2, 0.25) is 0 Å². The first kappa shape index (κ1) is 21.0. The van der Waals surface area contributed by atoms with Crippen LogP contribution in [0.3, 0.4) is 0 Å². The minimum absolute atomic E-state index is 0.00276. The van der Waals surface area contributed by atoms with Crippen LogP contribution in [0.15, 0.2) is 59.2 Å². The van der Waals surface area contributed by atoms with Crippen LogP contribution in [-0.4, -0.2) is 38.1 Å². The molecular formula is C25H28N2O4. The number of methoxy groups -OCH3 is 2. The number of benzene rings is 2. The first-order chi connectivity index (χ1) is 15.1. The molecule has 1 aliphatic rings. The van der Waals surface area contributed by atoms with Gasteiger partial charge in [0.1, 0.15) is 0 Å². The van der Waals surface area contributed by atoms with Gasteiger partial charge in [-0.15, -0.1) is 0 Å². The van der Waals surface area contributed by atoms with Crippen molar-refractivity contribution in [3.05, 3.63) is 82.8 Å². The van der Waals surface area contributed by atoms with Gasteiger partial charge in [-0.3, -0.25) is 9.69 Å². The van der Waals surface area contributed by atoms with Gasteiger partial charge in [0.2, 0.25) is 0 Å². The summed E-state index contributed by atoms with van der Waals surface area (Å²) in [6, 6.07) is 16.0. The Morgan fingerprint density at radius 2 is 1.94 bits per heavy atom. The second kappa shape index (κ2) is 9.27. The molecule has 0 saturated heterocycles. The number of hydrogen-bond acceptors (Lipinski definition) is 5. The molecule has 1 atom stereocenters. The van der Waals surface area contributed by atoms with E-state index in [1.54, 1.807) is 26.4 Å². The van der Waals surface area contributed by atoms with Gasteiger partial charge in [0.05, 0.1) is 26.5 Å². The zero-order valence-electron chi connectivity index (χ0n) is 18.2. The van der Waals surface area contributed by atoms with Crippen LogP contribution >= 0.6 is 0 Å². The maximum absolute atomic E-state index is 12.5. The fourth-order valence-electron chi connectivity index (χ4n) is 4.24. The molecule has 2 aromatic carbocycles. The fraction of sp³-hybridized carbons (Fsp3) is 0.320. The van der Waals surface area contributed by atoms with E-state index in [2.05, 4.69) is 47.5 Å². The van der Waals surface area contributed by atoms with E-state index in [0.717, 1.165) is 30.8 Å². The lowest BCUT2D eigenvalue weighted by Gasteiger charge is -2.38. The van der Waals surface area contributed by atoms with E-state index in [1.807, 2.05) is 6.07 Å². The molecule has 0 fully saturated rings. The van der Waals surface area contributed by atoms with Gasteiger partial charge in [0.15, 0.2) is 17.3 Å². The molecule has 2 heterocycles. The molecule has 1 N–H and O–H groups in total. The molecular weight excluding hydrogens is 392 g/mol. The Morgan fingerprint density at radius 1 is 1.13 bits per heavy atom. The largest absolute Gasteiger partial charge is 0.493 e. The second-order valence-electron chi connectivity index (χ2n) is 7.82. The highest BCUT2D eigenvalue weighted by atomic mass is 16.5. The van der Waals surface area contributed by atoms with Gasteiger partial charge in [-0.25, -0.2) is 0 Å². The average molecular weight is 421 g/mol. The van der Waals surface area contributed by atoms with Gasteiger partial charge in [-0.05, 0) is 54.3 Å². The summed E-state index contributed by atoms with van der Waals surface area (Å²) in [6.45, 7) is 4.26. The number of hydrogen-bond donors (Lipinski definition) is 1. The molecule has 0 bridgehead atoms. The number of fused-ring (bicyclic) bond motifs is 1. The number of furan rings is 1. The SMILES string of the molecule is COc1cc2c(cc1OC)[C@@H](CNC(=O)c1ccco1)N(Cc1cccc(C)c1)CC2. The van der Waals surface area contributed by atoms with Crippen molar-refractivity contribution < 1.29 is 18.7 Å². The van der Waals surface area contributed by atoms with E-state index < -0.39 is 0 Å². The summed E-state index contributed by atoms with van der Waals surface area (Å²) in [5.74, 6) is 1.52. The van der Waals surface area contributed by atoms with Gasteiger partial charge in [0, 0.05) is 19.6 Å². The van der Waals surface area contributed by atoms with E-state index in [1.165, 1.54) is 23.0 Å². The normalized spacial score (nSPS) is 15.9. The Balaban J connectivity index is 1.64. The molecule has 1 aliphatic heterocycles. The van der Waals surface area contributed by atoms with Gasteiger partial charge >= 0.3 is 0 Å². The first-order valence-corrected chi connectivity index (χ1v) is 10.4. The number of amides is 1. The van der Waals surface area contributed by atoms with Gasteiger partial charge in [0.25, 0.3) is 5.91 Å². The number of rotatable bonds is 7. The third-order valence-electron chi connectivity index (χ3n) is 5.78. The van der Waals surface area contributed by atoms with Crippen LogP contribution in [0.5, 0.6) is 11.5 Å². The Kier molecular flexibility index (Phi) is 6.28. The number of carbonyl (C=O) groups is 1. The molecule has 31 heavy (non-hydrogen) atoms. The van der Waals surface area contributed by atoms with Crippen LogP contribution in [0.1, 0.15) is 38.9 Å². The average Bonchev–Trinajstić information content (AvgIpc) is 3.32. The summed E-state index contributed by atoms with van der Waals surface area (Å²) < 4.78 is 16.3. The first-order valence-electron chi connectivity index (χ1n) is 10.4. The smallest absolute Gasteiger partial charge is 0.287 e. The van der Waals surface area contributed by atoms with E-state index in [-0.39, 0.29) is 11.9 Å². The maximum Gasteiger partial charge on any atom is 0.287 e. The van der Waals surface area contributed by atoms with Crippen molar-refractivity contribution in [2.45, 2.75) is 25.9 Å². The summed E-state index contributed by atoms with van der Waals surface area (Å²) in [5.41, 5.74) is 4.86. The van der Waals surface area contributed by atoms with Gasteiger partial charge in [-0.1, -0.05) is 29.8 Å². The van der Waals surface area contributed by atoms with Crippen molar-refractivity contribution in [3.63, 3.8) is 0 Å². The number of nitrogens with zero attached hydrogens (tertiary/aromatic N) is 1. The number of carbonyl (C=O) groups excluding carboxylic acids is 1. The molecule has 0 spiro atoms. The summed E-state index contributed by atoms with van der Waals surface area (Å²) in [6.07, 6.45) is 2.41. The van der Waals surface area contributed by atoms with Crippen molar-refractivity contribution in [1.29, 1.82) is 0 Å². The van der Waals surface area contributed by atoms with Crippen molar-refractivity contribution >= 4 is 5.91 Å². The maximum atomic E-state index is 12.5. The molecule has 0 unspecified atom stereocenters. The van der Waals surface area contributed by atoms with E-state index >= 15 is 0 Å². The number of aryl methyl sites for hydroxylation is 1. The third kappa shape index (κ3) is 4.59. The second-order valence-corrected chi connectivity index (χ2v) is 7.82. The van der Waals surface area contributed by atoms with E-state index in [0.29, 0.717) is 18.1 Å². The molecule has 6 nitrogen and oxygen atoms in total. The van der Waals surface area contributed by atoms with Crippen molar-refractivity contribution in [3.8, 4) is 11.5 Å². The monoisotopic (exact) mass is 420 g/mol. The topological polar surface area (TPSA) is 63.9 Å². The Bertz CT molecular complexity index is 1050. The van der Waals surface area contributed by atoms with Gasteiger partial charge in [-0.2, -0.15) is 0 Å². The molecule has 6 heteroatoms. The van der Waals surface area contributed by atoms with Crippen molar-refractivity contribution in [2.75, 3.05) is 27.3 Å². The fourth-order valence-corrected chi connectivity index (χ4v) is 4.24. The van der Waals surface area contributed by atoms with Gasteiger partial charge < -0.3 is 19.2 Å². The standard InChI is InChI=1S/C25H28N2O4/c1-17-6-4-7-18(12-17)16-27-10-9-19-13-23(29-2)24(30-3)14-20(19)21(27)15-26-25(28)22-8-5-11-31-22/h4-8,11-14,21H,9-10,15-16H2,1-3H3,(H,26,28)/t21-/m1/s1. The molecule has 1 amide bonds. The predicted octanol–water partition coefficient (Wildman–Crippen LogP) is 4.13. The van der Waals surface area contributed by atoms with E-state index in [9.17, 15) is 4.79 Å². The van der Waals surface area contributed by atoms with Crippen molar-refractivity contribution in [2.24, 2.45) is 0 Å². The van der Waals surface area contributed by atoms with Crippen LogP contribution in [-0.2, 0) is 13.0 Å². The van der Waals surface area contributed by atoms with Crippen molar-refractivity contribution in [1.82, 2.24) is 10.2 Å². The zero-order chi connectivity index (χ0) is 21.8. The molecule has 0 aliphatic carbocycles. The Hall–Kier alpha value is -3.25. The lowest BCUT2D eigenvalue weighted by molar-refractivity contribution is 0.0898. The molecule has 162 valence electrons. The predicted molar refractivity (Wildman–Crippen MR) is 119 cm³/mol. The highest BCUT2D eigenvalue weighted by Gasteiger charge is 2.30. The Labute approximate surface area is 182 Å². The van der Waals surface area contributed by atoms with Crippen LogP contribution in [0.25, 0.3) is 0 Å². The highest BCUT2D eigenvalue weighted by molar-refractivity contribution is 5.91. The lowest BCUT2D eigenvalue weighted by atomic mass is 9.91. The molecule has 3 aromatic rings. The number of nitrogens with one attached hydrogen (secondary N) is 1. The summed E-state index contributed by atoms with van der Waals surface area (Å²) in [5, 5.41) is 3.04. The minimum Gasteiger partial charge on any atom is -0.493 e. The molecule has 1 aromatic heterocycles. The van der Waals surface area contributed by atoms with E-state index in [4.69, 9.17) is 13.9 Å². The highest BCUT2D eigenvalue weighted by Crippen LogP contribution is 2.38. The quantitative estimate of drug-likeness (QED) is 0.623. The molecule has 0 radical (unpaired) electrons. The molecule has 0 saturated carbocycles. The summed E-state index contributed by atoms with van der Waals surface area (Å²) in [7, 11) is 3.30.